The quantitative estimate of drug-likeness (QED) is 0.827. The van der Waals surface area contributed by atoms with Crippen LogP contribution in [0, 0.1) is 0 Å². The minimum Gasteiger partial charge on any atom is -0.407 e. The first kappa shape index (κ1) is 18.1. The Bertz CT molecular complexity index is 952. The molecule has 0 aliphatic carbocycles. The number of benzene rings is 2. The van der Waals surface area contributed by atoms with Gasteiger partial charge in [-0.05, 0) is 28.8 Å². The molecule has 26 heavy (non-hydrogen) atoms. The zero-order valence-corrected chi connectivity index (χ0v) is 14.9. The van der Waals surface area contributed by atoms with Crippen LogP contribution in [0.15, 0.2) is 58.6 Å². The Hall–Kier alpha value is -2.71. The fourth-order valence-corrected chi connectivity index (χ4v) is 3.12. The zero-order valence-electron chi connectivity index (χ0n) is 14.1. The third-order valence-corrected chi connectivity index (χ3v) is 4.94. The summed E-state index contributed by atoms with van der Waals surface area (Å²) in [6, 6.07) is 13.9. The minimum absolute atomic E-state index is 0.0579. The first-order valence-electron chi connectivity index (χ1n) is 8.02. The summed E-state index contributed by atoms with van der Waals surface area (Å²) in [7, 11) is -3.73. The highest BCUT2D eigenvalue weighted by molar-refractivity contribution is 7.89. The fraction of sp³-hybridized carbons (Fsp3) is 0.222. The second-order valence-corrected chi connectivity index (χ2v) is 7.36. The Balaban J connectivity index is 1.87. The predicted octanol–water partition coefficient (Wildman–Crippen LogP) is 2.38. The topological polar surface area (TPSA) is 108 Å². The van der Waals surface area contributed by atoms with E-state index in [1.165, 1.54) is 12.1 Å². The van der Waals surface area contributed by atoms with Gasteiger partial charge in [-0.1, -0.05) is 48.5 Å². The monoisotopic (exact) mass is 374 g/mol. The van der Waals surface area contributed by atoms with Crippen molar-refractivity contribution in [1.29, 1.82) is 0 Å². The van der Waals surface area contributed by atoms with E-state index in [0.29, 0.717) is 6.61 Å². The number of primary sulfonamides is 1. The van der Waals surface area contributed by atoms with Crippen LogP contribution in [-0.2, 0) is 24.4 Å². The average Bonchev–Trinajstić information content (AvgIpc) is 3.09. The maximum Gasteiger partial charge on any atom is 0.312 e. The second-order valence-electron chi connectivity index (χ2n) is 5.80. The molecule has 1 unspecified atom stereocenters. The number of rotatable bonds is 4. The molecule has 2 aromatic rings. The van der Waals surface area contributed by atoms with Crippen molar-refractivity contribution < 1.29 is 22.8 Å². The van der Waals surface area contributed by atoms with Crippen molar-refractivity contribution in [3.63, 3.8) is 0 Å². The predicted molar refractivity (Wildman–Crippen MR) is 95.8 cm³/mol. The molecule has 1 atom stereocenters. The lowest BCUT2D eigenvalue weighted by molar-refractivity contribution is -0.135. The molecule has 2 aromatic carbocycles. The Morgan fingerprint density at radius 2 is 1.96 bits per heavy atom. The average molecular weight is 374 g/mol. The first-order chi connectivity index (χ1) is 12.4. The number of hydrogen-bond donors (Lipinski definition) is 1. The van der Waals surface area contributed by atoms with Crippen LogP contribution in [0.5, 0.6) is 0 Å². The molecule has 0 saturated carbocycles. The van der Waals surface area contributed by atoms with Crippen LogP contribution in [-0.4, -0.2) is 26.9 Å². The van der Waals surface area contributed by atoms with Gasteiger partial charge in [0, 0.05) is 6.42 Å². The van der Waals surface area contributed by atoms with E-state index >= 15 is 0 Å². The Labute approximate surface area is 151 Å². The molecule has 0 saturated heterocycles. The molecule has 0 fully saturated rings. The van der Waals surface area contributed by atoms with Crippen molar-refractivity contribution in [3.8, 4) is 11.1 Å². The maximum atomic E-state index is 11.5. The highest BCUT2D eigenvalue weighted by atomic mass is 32.2. The third kappa shape index (κ3) is 3.92. The number of hydrogen-bond acceptors (Lipinski definition) is 6. The highest BCUT2D eigenvalue weighted by Gasteiger charge is 2.28. The Morgan fingerprint density at radius 1 is 1.23 bits per heavy atom. The van der Waals surface area contributed by atoms with Crippen molar-refractivity contribution in [3.05, 3.63) is 54.1 Å². The first-order valence-corrected chi connectivity index (χ1v) is 9.57. The van der Waals surface area contributed by atoms with Gasteiger partial charge in [-0.15, -0.1) is 0 Å². The molecule has 0 spiro atoms. The Morgan fingerprint density at radius 3 is 2.62 bits per heavy atom. The van der Waals surface area contributed by atoms with Crippen molar-refractivity contribution in [2.45, 2.75) is 24.2 Å². The van der Waals surface area contributed by atoms with Crippen molar-refractivity contribution in [1.82, 2.24) is 0 Å². The summed E-state index contributed by atoms with van der Waals surface area (Å²) in [6.45, 7) is 2.00. The van der Waals surface area contributed by atoms with Crippen LogP contribution in [0.3, 0.4) is 0 Å². The molecule has 136 valence electrons. The molecular formula is C18H18N2O5S. The van der Waals surface area contributed by atoms with Gasteiger partial charge in [0.15, 0.2) is 0 Å². The van der Waals surface area contributed by atoms with Gasteiger partial charge in [-0.3, -0.25) is 4.79 Å². The number of ether oxygens (including phenoxy) is 1. The standard InChI is InChI=1S/C18H18N2O5S/c1-2-17(21)25-18-16(11-24-20-18)14-5-3-4-13(10-14)12-6-8-15(9-7-12)26(19,22)23/h3-10,16H,2,11H2,1H3,(H2,19,22,23). The lowest BCUT2D eigenvalue weighted by atomic mass is 9.95. The second kappa shape index (κ2) is 7.27. The lowest BCUT2D eigenvalue weighted by Gasteiger charge is -2.12. The summed E-state index contributed by atoms with van der Waals surface area (Å²) in [5.41, 5.74) is 2.61. The third-order valence-electron chi connectivity index (χ3n) is 4.01. The molecule has 3 rings (SSSR count). The number of oxime groups is 1. The number of esters is 1. The van der Waals surface area contributed by atoms with Crippen molar-refractivity contribution >= 4 is 21.9 Å². The maximum absolute atomic E-state index is 11.5. The summed E-state index contributed by atoms with van der Waals surface area (Å²) in [4.78, 5) is 16.7. The molecule has 1 heterocycles. The summed E-state index contributed by atoms with van der Waals surface area (Å²) < 4.78 is 28.0. The molecular weight excluding hydrogens is 356 g/mol. The van der Waals surface area contributed by atoms with Crippen LogP contribution in [0.2, 0.25) is 0 Å². The highest BCUT2D eigenvalue weighted by Crippen LogP contribution is 2.29. The zero-order chi connectivity index (χ0) is 18.7. The minimum atomic E-state index is -3.73. The van der Waals surface area contributed by atoms with Crippen LogP contribution in [0.4, 0.5) is 0 Å². The van der Waals surface area contributed by atoms with Crippen LogP contribution in [0.25, 0.3) is 11.1 Å². The number of carbonyl (C=O) groups is 1. The largest absolute Gasteiger partial charge is 0.407 e. The van der Waals surface area contributed by atoms with E-state index in [1.807, 2.05) is 24.3 Å². The van der Waals surface area contributed by atoms with Gasteiger partial charge in [0.25, 0.3) is 0 Å². The van der Waals surface area contributed by atoms with Crippen molar-refractivity contribution in [2.75, 3.05) is 6.61 Å². The van der Waals surface area contributed by atoms with Gasteiger partial charge >= 0.3 is 5.97 Å². The van der Waals surface area contributed by atoms with E-state index in [1.54, 1.807) is 19.1 Å². The van der Waals surface area contributed by atoms with E-state index in [2.05, 4.69) is 5.16 Å². The van der Waals surface area contributed by atoms with E-state index in [4.69, 9.17) is 14.7 Å². The molecule has 0 radical (unpaired) electrons. The van der Waals surface area contributed by atoms with Crippen LogP contribution < -0.4 is 5.14 Å². The number of nitrogens with two attached hydrogens (primary N) is 1. The molecule has 1 aliphatic rings. The summed E-state index contributed by atoms with van der Waals surface area (Å²) in [5, 5.41) is 8.94. The lowest BCUT2D eigenvalue weighted by Crippen LogP contribution is -2.18. The van der Waals surface area contributed by atoms with E-state index in [9.17, 15) is 13.2 Å². The van der Waals surface area contributed by atoms with Gasteiger partial charge in [0.1, 0.15) is 12.5 Å². The van der Waals surface area contributed by atoms with Crippen molar-refractivity contribution in [2.24, 2.45) is 10.3 Å². The SMILES string of the molecule is CCC(=O)OC1=NOCC1c1cccc(-c2ccc(S(N)(=O)=O)cc2)c1. The molecule has 0 amide bonds. The number of sulfonamides is 1. The van der Waals surface area contributed by atoms with Gasteiger partial charge in [-0.2, -0.15) is 0 Å². The molecule has 2 N–H and O–H groups in total. The molecule has 0 aromatic heterocycles. The molecule has 8 heteroatoms. The van der Waals surface area contributed by atoms with E-state index in [0.717, 1.165) is 16.7 Å². The summed E-state index contributed by atoms with van der Waals surface area (Å²) >= 11 is 0. The number of nitrogens with zero attached hydrogens (tertiary/aromatic N) is 1. The molecule has 1 aliphatic heterocycles. The van der Waals surface area contributed by atoms with Crippen LogP contribution in [0.1, 0.15) is 24.8 Å². The van der Waals surface area contributed by atoms with Gasteiger partial charge in [-0.25, -0.2) is 13.6 Å². The normalized spacial score (nSPS) is 16.7. The van der Waals surface area contributed by atoms with Gasteiger partial charge in [0.2, 0.25) is 15.9 Å². The summed E-state index contributed by atoms with van der Waals surface area (Å²) in [6.07, 6.45) is 0.252. The Kier molecular flexibility index (Phi) is 5.06. The van der Waals surface area contributed by atoms with Gasteiger partial charge < -0.3 is 9.57 Å². The smallest absolute Gasteiger partial charge is 0.312 e. The summed E-state index contributed by atoms with van der Waals surface area (Å²) in [5.74, 6) is -0.387. The van der Waals surface area contributed by atoms with Gasteiger partial charge in [0.05, 0.1) is 4.90 Å². The molecule has 0 bridgehead atoms. The molecule has 7 nitrogen and oxygen atoms in total. The van der Waals surface area contributed by atoms with E-state index < -0.39 is 10.0 Å². The fourth-order valence-electron chi connectivity index (χ4n) is 2.60. The van der Waals surface area contributed by atoms with Crippen LogP contribution >= 0.6 is 0 Å². The number of carbonyl (C=O) groups excluding carboxylic acids is 1. The van der Waals surface area contributed by atoms with E-state index in [-0.39, 0.29) is 29.1 Å².